The van der Waals surface area contributed by atoms with Crippen LogP contribution in [-0.4, -0.2) is 10.1 Å². The molecule has 1 aromatic carbocycles. The zero-order valence-electron chi connectivity index (χ0n) is 10.2. The van der Waals surface area contributed by atoms with Crippen LogP contribution in [0.15, 0.2) is 32.1 Å². The molecule has 1 heterocycles. The molecule has 0 radical (unpaired) electrons. The van der Waals surface area contributed by atoms with Crippen LogP contribution in [0.1, 0.15) is 31.5 Å². The molecular formula is C12H14BrN3OS. The predicted molar refractivity (Wildman–Crippen MR) is 76.5 cm³/mol. The Morgan fingerprint density at radius 2 is 2.22 bits per heavy atom. The second-order valence-electron chi connectivity index (χ2n) is 4.17. The van der Waals surface area contributed by atoms with Crippen LogP contribution in [0, 0.1) is 0 Å². The van der Waals surface area contributed by atoms with E-state index in [1.807, 2.05) is 32.0 Å². The van der Waals surface area contributed by atoms with Crippen LogP contribution in [-0.2, 0) is 5.75 Å². The van der Waals surface area contributed by atoms with Gasteiger partial charge in [0.2, 0.25) is 5.89 Å². The molecule has 2 aromatic rings. The number of nitrogen functional groups attached to an aromatic ring is 1. The number of hydrogen-bond donors (Lipinski definition) is 1. The van der Waals surface area contributed by atoms with Crippen LogP contribution in [0.25, 0.3) is 0 Å². The number of anilines is 1. The summed E-state index contributed by atoms with van der Waals surface area (Å²) in [6.45, 7) is 4.07. The van der Waals surface area contributed by atoms with Crippen molar-refractivity contribution in [3.05, 3.63) is 34.4 Å². The highest BCUT2D eigenvalue weighted by molar-refractivity contribution is 9.10. The molecule has 1 aromatic heterocycles. The Bertz CT molecular complexity index is 542. The SMILES string of the molecule is CC(C)c1noc(CSc2cc(Br)ccc2N)n1. The number of aromatic nitrogens is 2. The van der Waals surface area contributed by atoms with Gasteiger partial charge in [0.1, 0.15) is 0 Å². The average molecular weight is 328 g/mol. The molecule has 18 heavy (non-hydrogen) atoms. The monoisotopic (exact) mass is 327 g/mol. The van der Waals surface area contributed by atoms with Crippen molar-refractivity contribution in [2.45, 2.75) is 30.4 Å². The summed E-state index contributed by atoms with van der Waals surface area (Å²) in [5.74, 6) is 2.28. The van der Waals surface area contributed by atoms with Gasteiger partial charge in [-0.1, -0.05) is 34.9 Å². The van der Waals surface area contributed by atoms with Crippen LogP contribution in [0.5, 0.6) is 0 Å². The molecule has 0 aliphatic carbocycles. The maximum Gasteiger partial charge on any atom is 0.237 e. The van der Waals surface area contributed by atoms with Gasteiger partial charge in [-0.25, -0.2) is 0 Å². The molecule has 0 amide bonds. The topological polar surface area (TPSA) is 64.9 Å². The minimum atomic E-state index is 0.281. The molecule has 0 bridgehead atoms. The van der Waals surface area contributed by atoms with Crippen molar-refractivity contribution in [1.29, 1.82) is 0 Å². The highest BCUT2D eigenvalue weighted by Gasteiger charge is 2.10. The van der Waals surface area contributed by atoms with E-state index in [0.29, 0.717) is 11.6 Å². The Kier molecular flexibility index (Phi) is 4.29. The summed E-state index contributed by atoms with van der Waals surface area (Å²) in [4.78, 5) is 5.33. The van der Waals surface area contributed by atoms with Gasteiger partial charge in [0.25, 0.3) is 0 Å². The van der Waals surface area contributed by atoms with Crippen LogP contribution >= 0.6 is 27.7 Å². The number of hydrogen-bond acceptors (Lipinski definition) is 5. The van der Waals surface area contributed by atoms with Crippen LogP contribution in [0.2, 0.25) is 0 Å². The number of halogens is 1. The maximum atomic E-state index is 5.90. The smallest absolute Gasteiger partial charge is 0.237 e. The molecule has 6 heteroatoms. The van der Waals surface area contributed by atoms with Gasteiger partial charge >= 0.3 is 0 Å². The summed E-state index contributed by atoms with van der Waals surface area (Å²) >= 11 is 5.01. The quantitative estimate of drug-likeness (QED) is 0.682. The van der Waals surface area contributed by atoms with Gasteiger partial charge in [0, 0.05) is 21.0 Å². The third kappa shape index (κ3) is 3.26. The van der Waals surface area contributed by atoms with Gasteiger partial charge in [-0.15, -0.1) is 11.8 Å². The number of nitrogens with two attached hydrogens (primary N) is 1. The molecule has 0 aliphatic rings. The van der Waals surface area contributed by atoms with Crippen molar-refractivity contribution < 1.29 is 4.52 Å². The Balaban J connectivity index is 2.04. The van der Waals surface area contributed by atoms with E-state index in [1.165, 1.54) is 0 Å². The van der Waals surface area contributed by atoms with E-state index in [9.17, 15) is 0 Å². The van der Waals surface area contributed by atoms with Gasteiger partial charge in [0.15, 0.2) is 5.82 Å². The zero-order chi connectivity index (χ0) is 13.1. The fourth-order valence-electron chi connectivity index (χ4n) is 1.33. The van der Waals surface area contributed by atoms with E-state index >= 15 is 0 Å². The Hall–Kier alpha value is -1.01. The lowest BCUT2D eigenvalue weighted by atomic mass is 10.2. The third-order valence-corrected chi connectivity index (χ3v) is 3.88. The highest BCUT2D eigenvalue weighted by Crippen LogP contribution is 2.30. The standard InChI is InChI=1S/C12H14BrN3OS/c1-7(2)12-15-11(17-16-12)6-18-10-5-8(13)3-4-9(10)14/h3-5,7H,6,14H2,1-2H3. The van der Waals surface area contributed by atoms with Crippen molar-refractivity contribution in [2.75, 3.05) is 5.73 Å². The highest BCUT2D eigenvalue weighted by atomic mass is 79.9. The molecule has 96 valence electrons. The first-order chi connectivity index (χ1) is 8.56. The number of benzene rings is 1. The summed E-state index contributed by atoms with van der Waals surface area (Å²) in [5.41, 5.74) is 6.66. The molecule has 0 saturated carbocycles. The van der Waals surface area contributed by atoms with E-state index in [0.717, 1.165) is 20.9 Å². The fourth-order valence-corrected chi connectivity index (χ4v) is 2.69. The molecule has 0 atom stereocenters. The summed E-state index contributed by atoms with van der Waals surface area (Å²) in [6, 6.07) is 5.78. The minimum absolute atomic E-state index is 0.281. The van der Waals surface area contributed by atoms with Gasteiger partial charge in [0.05, 0.1) is 5.75 Å². The second-order valence-corrected chi connectivity index (χ2v) is 6.10. The Labute approximate surface area is 118 Å². The largest absolute Gasteiger partial charge is 0.398 e. The number of thioether (sulfide) groups is 1. The van der Waals surface area contributed by atoms with Crippen molar-refractivity contribution in [3.63, 3.8) is 0 Å². The van der Waals surface area contributed by atoms with Crippen LogP contribution in [0.4, 0.5) is 5.69 Å². The number of rotatable bonds is 4. The lowest BCUT2D eigenvalue weighted by molar-refractivity contribution is 0.383. The minimum Gasteiger partial charge on any atom is -0.398 e. The third-order valence-electron chi connectivity index (χ3n) is 2.33. The van der Waals surface area contributed by atoms with Crippen LogP contribution in [0.3, 0.4) is 0 Å². The lowest BCUT2D eigenvalue weighted by Crippen LogP contribution is -1.91. The molecule has 4 nitrogen and oxygen atoms in total. The average Bonchev–Trinajstić information content (AvgIpc) is 2.79. The first-order valence-electron chi connectivity index (χ1n) is 5.56. The van der Waals surface area contributed by atoms with Gasteiger partial charge in [-0.2, -0.15) is 4.98 Å². The molecule has 0 aliphatic heterocycles. The molecule has 2 N–H and O–H groups in total. The zero-order valence-corrected chi connectivity index (χ0v) is 12.6. The summed E-state index contributed by atoms with van der Waals surface area (Å²) in [7, 11) is 0. The predicted octanol–water partition coefficient (Wildman–Crippen LogP) is 3.83. The summed E-state index contributed by atoms with van der Waals surface area (Å²) in [6.07, 6.45) is 0. The van der Waals surface area contributed by atoms with Crippen molar-refractivity contribution in [1.82, 2.24) is 10.1 Å². The normalized spacial score (nSPS) is 11.1. The first kappa shape index (κ1) is 13.4. The second kappa shape index (κ2) is 5.75. The fraction of sp³-hybridized carbons (Fsp3) is 0.333. The van der Waals surface area contributed by atoms with E-state index in [1.54, 1.807) is 11.8 Å². The van der Waals surface area contributed by atoms with Crippen LogP contribution < -0.4 is 5.73 Å². The molecule has 0 fully saturated rings. The first-order valence-corrected chi connectivity index (χ1v) is 7.34. The molecular weight excluding hydrogens is 314 g/mol. The summed E-state index contributed by atoms with van der Waals surface area (Å²) < 4.78 is 6.19. The molecule has 2 rings (SSSR count). The molecule has 0 saturated heterocycles. The van der Waals surface area contributed by atoms with E-state index in [-0.39, 0.29) is 5.92 Å². The van der Waals surface area contributed by atoms with Gasteiger partial charge in [-0.05, 0) is 18.2 Å². The van der Waals surface area contributed by atoms with Gasteiger partial charge < -0.3 is 10.3 Å². The van der Waals surface area contributed by atoms with E-state index in [4.69, 9.17) is 10.3 Å². The van der Waals surface area contributed by atoms with Crippen molar-refractivity contribution >= 4 is 33.4 Å². The molecule has 0 unspecified atom stereocenters. The molecule has 0 spiro atoms. The van der Waals surface area contributed by atoms with Crippen molar-refractivity contribution in [2.24, 2.45) is 0 Å². The van der Waals surface area contributed by atoms with E-state index in [2.05, 4.69) is 26.1 Å². The lowest BCUT2D eigenvalue weighted by Gasteiger charge is -2.03. The van der Waals surface area contributed by atoms with Gasteiger partial charge in [-0.3, -0.25) is 0 Å². The maximum absolute atomic E-state index is 5.90. The van der Waals surface area contributed by atoms with Crippen molar-refractivity contribution in [3.8, 4) is 0 Å². The summed E-state index contributed by atoms with van der Waals surface area (Å²) in [5, 5.41) is 3.93. The Morgan fingerprint density at radius 3 is 2.89 bits per heavy atom. The Morgan fingerprint density at radius 1 is 1.44 bits per heavy atom. The number of nitrogens with zero attached hydrogens (tertiary/aromatic N) is 2. The van der Waals surface area contributed by atoms with E-state index < -0.39 is 0 Å².